The van der Waals surface area contributed by atoms with Crippen molar-refractivity contribution in [2.24, 2.45) is 5.92 Å². The maximum absolute atomic E-state index is 13.7. The van der Waals surface area contributed by atoms with E-state index in [-0.39, 0.29) is 17.3 Å². The van der Waals surface area contributed by atoms with Crippen molar-refractivity contribution in [3.8, 4) is 0 Å². The average molecular weight is 296 g/mol. The first-order valence-electron chi connectivity index (χ1n) is 6.99. The van der Waals surface area contributed by atoms with Crippen LogP contribution < -0.4 is 10.6 Å². The maximum atomic E-state index is 13.7. The lowest BCUT2D eigenvalue weighted by atomic mass is 9.96. The number of halogens is 1. The zero-order valence-corrected chi connectivity index (χ0v) is 12.4. The van der Waals surface area contributed by atoms with Crippen LogP contribution in [0.25, 0.3) is 0 Å². The van der Waals surface area contributed by atoms with Crippen molar-refractivity contribution in [3.63, 3.8) is 0 Å². The van der Waals surface area contributed by atoms with Gasteiger partial charge in [0.15, 0.2) is 0 Å². The minimum atomic E-state index is -1.29. The van der Waals surface area contributed by atoms with Crippen LogP contribution in [-0.2, 0) is 0 Å². The molecule has 5 nitrogen and oxygen atoms in total. The molecule has 1 aromatic carbocycles. The number of rotatable bonds is 6. The third kappa shape index (κ3) is 4.44. The number of benzene rings is 1. The molecule has 0 saturated heterocycles. The predicted molar refractivity (Wildman–Crippen MR) is 79.0 cm³/mol. The predicted octanol–water partition coefficient (Wildman–Crippen LogP) is 3.47. The molecule has 3 N–H and O–H groups in total. The molecule has 0 fully saturated rings. The summed E-state index contributed by atoms with van der Waals surface area (Å²) in [6, 6.07) is 2.94. The number of amides is 2. The minimum absolute atomic E-state index is 0.0833. The summed E-state index contributed by atoms with van der Waals surface area (Å²) in [7, 11) is 0. The van der Waals surface area contributed by atoms with E-state index in [2.05, 4.69) is 10.6 Å². The van der Waals surface area contributed by atoms with Gasteiger partial charge in [-0.2, -0.15) is 0 Å². The van der Waals surface area contributed by atoms with Crippen LogP contribution in [0.2, 0.25) is 0 Å². The standard InChI is InChI=1S/C15H21FN2O3/c1-4-10(5-2)9(3)17-15(21)18-13-11(14(19)20)7-6-8-12(13)16/h6-10H,4-5H2,1-3H3,(H,19,20)(H2,17,18,21). The van der Waals surface area contributed by atoms with Gasteiger partial charge < -0.3 is 15.7 Å². The highest BCUT2D eigenvalue weighted by atomic mass is 19.1. The molecule has 1 unspecified atom stereocenters. The normalized spacial score (nSPS) is 12.0. The number of carbonyl (C=O) groups is 2. The molecule has 0 aromatic heterocycles. The molecule has 116 valence electrons. The molecule has 1 atom stereocenters. The Balaban J connectivity index is 2.82. The Labute approximate surface area is 123 Å². The van der Waals surface area contributed by atoms with E-state index in [4.69, 9.17) is 5.11 Å². The van der Waals surface area contributed by atoms with Crippen LogP contribution >= 0.6 is 0 Å². The van der Waals surface area contributed by atoms with Crippen LogP contribution in [0, 0.1) is 11.7 Å². The Morgan fingerprint density at radius 1 is 1.29 bits per heavy atom. The van der Waals surface area contributed by atoms with Gasteiger partial charge in [0.05, 0.1) is 11.3 Å². The lowest BCUT2D eigenvalue weighted by molar-refractivity contribution is 0.0697. The number of carboxylic acids is 1. The first-order valence-corrected chi connectivity index (χ1v) is 6.99. The van der Waals surface area contributed by atoms with Crippen molar-refractivity contribution in [2.45, 2.75) is 39.7 Å². The summed E-state index contributed by atoms with van der Waals surface area (Å²) in [4.78, 5) is 22.9. The third-order valence-electron chi connectivity index (χ3n) is 3.60. The van der Waals surface area contributed by atoms with Crippen LogP contribution in [0.15, 0.2) is 18.2 Å². The number of aromatic carboxylic acids is 1. The van der Waals surface area contributed by atoms with Crippen LogP contribution in [0.3, 0.4) is 0 Å². The van der Waals surface area contributed by atoms with E-state index in [0.717, 1.165) is 18.9 Å². The number of para-hydroxylation sites is 1. The molecule has 0 saturated carbocycles. The van der Waals surface area contributed by atoms with E-state index >= 15 is 0 Å². The second-order valence-electron chi connectivity index (χ2n) is 4.93. The van der Waals surface area contributed by atoms with E-state index in [1.165, 1.54) is 12.1 Å². The molecule has 0 heterocycles. The number of nitrogens with one attached hydrogen (secondary N) is 2. The van der Waals surface area contributed by atoms with Gasteiger partial charge in [-0.25, -0.2) is 14.0 Å². The maximum Gasteiger partial charge on any atom is 0.337 e. The van der Waals surface area contributed by atoms with Crippen molar-refractivity contribution < 1.29 is 19.1 Å². The molecule has 0 radical (unpaired) electrons. The Morgan fingerprint density at radius 3 is 2.43 bits per heavy atom. The molecular formula is C15H21FN2O3. The zero-order valence-electron chi connectivity index (χ0n) is 12.4. The SMILES string of the molecule is CCC(CC)C(C)NC(=O)Nc1c(F)cccc1C(=O)O. The topological polar surface area (TPSA) is 78.4 Å². The molecule has 1 aromatic rings. The number of hydrogen-bond acceptors (Lipinski definition) is 2. The van der Waals surface area contributed by atoms with Crippen LogP contribution in [0.1, 0.15) is 44.0 Å². The first-order chi connectivity index (χ1) is 9.90. The highest BCUT2D eigenvalue weighted by Crippen LogP contribution is 2.20. The second kappa shape index (κ2) is 7.61. The fraction of sp³-hybridized carbons (Fsp3) is 0.467. The van der Waals surface area contributed by atoms with Gasteiger partial charge in [0.2, 0.25) is 0 Å². The minimum Gasteiger partial charge on any atom is -0.478 e. The fourth-order valence-corrected chi connectivity index (χ4v) is 2.30. The number of hydrogen-bond donors (Lipinski definition) is 3. The lowest BCUT2D eigenvalue weighted by Crippen LogP contribution is -2.40. The van der Waals surface area contributed by atoms with E-state index in [9.17, 15) is 14.0 Å². The van der Waals surface area contributed by atoms with Crippen LogP contribution in [0.5, 0.6) is 0 Å². The highest BCUT2D eigenvalue weighted by molar-refractivity contribution is 6.00. The summed E-state index contributed by atoms with van der Waals surface area (Å²) in [5, 5.41) is 14.0. The van der Waals surface area contributed by atoms with Gasteiger partial charge in [-0.1, -0.05) is 32.8 Å². The van der Waals surface area contributed by atoms with Gasteiger partial charge in [0.1, 0.15) is 5.82 Å². The Bertz CT molecular complexity index is 516. The monoisotopic (exact) mass is 296 g/mol. The molecule has 1 rings (SSSR count). The Hall–Kier alpha value is -2.11. The van der Waals surface area contributed by atoms with Crippen molar-refractivity contribution in [3.05, 3.63) is 29.6 Å². The number of carbonyl (C=O) groups excluding carboxylic acids is 1. The first kappa shape index (κ1) is 16.9. The average Bonchev–Trinajstić information content (AvgIpc) is 2.42. The molecule has 0 aliphatic heterocycles. The number of urea groups is 1. The van der Waals surface area contributed by atoms with E-state index in [0.29, 0.717) is 5.92 Å². The summed E-state index contributed by atoms with van der Waals surface area (Å²) in [5.41, 5.74) is -0.598. The van der Waals surface area contributed by atoms with Gasteiger partial charge in [-0.3, -0.25) is 0 Å². The van der Waals surface area contributed by atoms with Crippen LogP contribution in [0.4, 0.5) is 14.9 Å². The molecule has 21 heavy (non-hydrogen) atoms. The molecule has 0 spiro atoms. The van der Waals surface area contributed by atoms with Crippen molar-refractivity contribution in [1.29, 1.82) is 0 Å². The Morgan fingerprint density at radius 2 is 1.90 bits per heavy atom. The molecule has 0 bridgehead atoms. The lowest BCUT2D eigenvalue weighted by Gasteiger charge is -2.22. The second-order valence-corrected chi connectivity index (χ2v) is 4.93. The third-order valence-corrected chi connectivity index (χ3v) is 3.60. The molecular weight excluding hydrogens is 275 g/mol. The summed E-state index contributed by atoms with van der Waals surface area (Å²) >= 11 is 0. The van der Waals surface area contributed by atoms with Gasteiger partial charge in [0.25, 0.3) is 0 Å². The van der Waals surface area contributed by atoms with E-state index in [1.54, 1.807) is 0 Å². The molecule has 0 aliphatic carbocycles. The van der Waals surface area contributed by atoms with Gasteiger partial charge in [-0.05, 0) is 25.0 Å². The van der Waals surface area contributed by atoms with Gasteiger partial charge in [-0.15, -0.1) is 0 Å². The summed E-state index contributed by atoms with van der Waals surface area (Å²) < 4.78 is 13.7. The van der Waals surface area contributed by atoms with Crippen molar-refractivity contribution >= 4 is 17.7 Å². The summed E-state index contributed by atoms with van der Waals surface area (Å²) in [6.45, 7) is 5.93. The smallest absolute Gasteiger partial charge is 0.337 e. The largest absolute Gasteiger partial charge is 0.478 e. The highest BCUT2D eigenvalue weighted by Gasteiger charge is 2.19. The quantitative estimate of drug-likeness (QED) is 0.752. The van der Waals surface area contributed by atoms with Gasteiger partial charge >= 0.3 is 12.0 Å². The van der Waals surface area contributed by atoms with Crippen molar-refractivity contribution in [1.82, 2.24) is 5.32 Å². The van der Waals surface area contributed by atoms with Crippen molar-refractivity contribution in [2.75, 3.05) is 5.32 Å². The Kier molecular flexibility index (Phi) is 6.14. The van der Waals surface area contributed by atoms with E-state index < -0.39 is 17.8 Å². The number of anilines is 1. The number of carboxylic acid groups (broad SMARTS) is 1. The molecule has 0 aliphatic rings. The fourth-order valence-electron chi connectivity index (χ4n) is 2.30. The van der Waals surface area contributed by atoms with Crippen LogP contribution in [-0.4, -0.2) is 23.1 Å². The molecule has 2 amide bonds. The van der Waals surface area contributed by atoms with Gasteiger partial charge in [0, 0.05) is 6.04 Å². The van der Waals surface area contributed by atoms with E-state index in [1.807, 2.05) is 20.8 Å². The zero-order chi connectivity index (χ0) is 16.0. The summed E-state index contributed by atoms with van der Waals surface area (Å²) in [5.74, 6) is -1.76. The summed E-state index contributed by atoms with van der Waals surface area (Å²) in [6.07, 6.45) is 1.83. The molecule has 6 heteroatoms.